The molecule has 0 amide bonds. The Morgan fingerprint density at radius 2 is 1.48 bits per heavy atom. The van der Waals surface area contributed by atoms with Crippen LogP contribution in [0.3, 0.4) is 0 Å². The molecule has 0 bridgehead atoms. The van der Waals surface area contributed by atoms with Crippen molar-refractivity contribution in [1.82, 2.24) is 0 Å². The van der Waals surface area contributed by atoms with E-state index in [1.54, 1.807) is 12.1 Å². The highest BCUT2D eigenvalue weighted by Gasteiger charge is 2.14. The maximum absolute atomic E-state index is 12.3. The summed E-state index contributed by atoms with van der Waals surface area (Å²) in [6.45, 7) is 4.23. The van der Waals surface area contributed by atoms with Crippen molar-refractivity contribution in [2.45, 2.75) is 26.1 Å². The largest absolute Gasteiger partial charge is 0.326 e. The summed E-state index contributed by atoms with van der Waals surface area (Å²) in [6.07, 6.45) is 0. The third-order valence-electron chi connectivity index (χ3n) is 3.35. The Morgan fingerprint density at radius 3 is 2.00 bits per heavy atom. The molecule has 112 valence electrons. The molecule has 4 nitrogen and oxygen atoms in total. The predicted octanol–water partition coefficient (Wildman–Crippen LogP) is 2.70. The standard InChI is InChI=1S/C16H20N2O2S/c1-12-4-3-5-13(2)16(12)18-21(19,20)11-15-8-6-14(10-17)7-9-15/h3-9,18H,10-11,17H2,1-2H3. The van der Waals surface area contributed by atoms with Crippen molar-refractivity contribution < 1.29 is 8.42 Å². The van der Waals surface area contributed by atoms with Gasteiger partial charge in [0.1, 0.15) is 0 Å². The molecule has 0 saturated carbocycles. The number of rotatable bonds is 5. The fraction of sp³-hybridized carbons (Fsp3) is 0.250. The first-order valence-electron chi connectivity index (χ1n) is 6.76. The molecule has 5 heteroatoms. The van der Waals surface area contributed by atoms with Crippen LogP contribution < -0.4 is 10.5 Å². The molecule has 0 spiro atoms. The third-order valence-corrected chi connectivity index (χ3v) is 4.58. The van der Waals surface area contributed by atoms with Crippen molar-refractivity contribution in [3.05, 3.63) is 64.7 Å². The Bertz CT molecular complexity index is 702. The summed E-state index contributed by atoms with van der Waals surface area (Å²) in [5, 5.41) is 0. The molecule has 2 rings (SSSR count). The normalized spacial score (nSPS) is 11.4. The summed E-state index contributed by atoms with van der Waals surface area (Å²) in [4.78, 5) is 0. The van der Waals surface area contributed by atoms with E-state index < -0.39 is 10.0 Å². The van der Waals surface area contributed by atoms with E-state index in [1.807, 2.05) is 44.2 Å². The van der Waals surface area contributed by atoms with Crippen LogP contribution in [0.5, 0.6) is 0 Å². The van der Waals surface area contributed by atoms with Gasteiger partial charge in [0.05, 0.1) is 11.4 Å². The minimum absolute atomic E-state index is 0.0500. The molecule has 21 heavy (non-hydrogen) atoms. The summed E-state index contributed by atoms with van der Waals surface area (Å²) in [5.41, 5.74) is 9.75. The second kappa shape index (κ2) is 6.28. The van der Waals surface area contributed by atoms with Crippen LogP contribution in [-0.2, 0) is 22.3 Å². The summed E-state index contributed by atoms with van der Waals surface area (Å²) in [5.74, 6) is -0.0500. The fourth-order valence-corrected chi connectivity index (χ4v) is 3.49. The second-order valence-corrected chi connectivity index (χ2v) is 6.87. The van der Waals surface area contributed by atoms with Gasteiger partial charge in [-0.1, -0.05) is 42.5 Å². The van der Waals surface area contributed by atoms with Gasteiger partial charge in [-0.05, 0) is 36.1 Å². The topological polar surface area (TPSA) is 72.2 Å². The molecule has 0 radical (unpaired) electrons. The van der Waals surface area contributed by atoms with Gasteiger partial charge in [-0.2, -0.15) is 0 Å². The van der Waals surface area contributed by atoms with Gasteiger partial charge in [-0.15, -0.1) is 0 Å². The number of benzene rings is 2. The maximum Gasteiger partial charge on any atom is 0.236 e. The molecule has 0 atom stereocenters. The number of anilines is 1. The lowest BCUT2D eigenvalue weighted by Gasteiger charge is -2.13. The van der Waals surface area contributed by atoms with E-state index in [4.69, 9.17) is 5.73 Å². The second-order valence-electron chi connectivity index (χ2n) is 5.15. The summed E-state index contributed by atoms with van der Waals surface area (Å²) < 4.78 is 27.3. The van der Waals surface area contributed by atoms with Gasteiger partial charge in [-0.25, -0.2) is 8.42 Å². The van der Waals surface area contributed by atoms with Gasteiger partial charge in [-0.3, -0.25) is 4.72 Å². The van der Waals surface area contributed by atoms with Crippen molar-refractivity contribution in [1.29, 1.82) is 0 Å². The van der Waals surface area contributed by atoms with Crippen LogP contribution in [0.4, 0.5) is 5.69 Å². The van der Waals surface area contributed by atoms with Gasteiger partial charge in [0.15, 0.2) is 0 Å². The molecule has 0 aliphatic carbocycles. The molecule has 0 aromatic heterocycles. The van der Waals surface area contributed by atoms with Crippen LogP contribution in [0.25, 0.3) is 0 Å². The van der Waals surface area contributed by atoms with Crippen molar-refractivity contribution in [2.24, 2.45) is 5.73 Å². The molecular formula is C16H20N2O2S. The van der Waals surface area contributed by atoms with E-state index >= 15 is 0 Å². The average Bonchev–Trinajstić information content (AvgIpc) is 2.43. The lowest BCUT2D eigenvalue weighted by molar-refractivity contribution is 0.600. The molecule has 0 unspecified atom stereocenters. The number of nitrogens with one attached hydrogen (secondary N) is 1. The van der Waals surface area contributed by atoms with Gasteiger partial charge in [0.2, 0.25) is 10.0 Å². The van der Waals surface area contributed by atoms with E-state index in [0.717, 1.165) is 22.3 Å². The van der Waals surface area contributed by atoms with Crippen LogP contribution in [0.2, 0.25) is 0 Å². The minimum atomic E-state index is -3.43. The highest BCUT2D eigenvalue weighted by Crippen LogP contribution is 2.22. The SMILES string of the molecule is Cc1cccc(C)c1NS(=O)(=O)Cc1ccc(CN)cc1. The molecular weight excluding hydrogens is 284 g/mol. The zero-order valence-electron chi connectivity index (χ0n) is 12.3. The first-order chi connectivity index (χ1) is 9.91. The number of hydrogen-bond donors (Lipinski definition) is 2. The van der Waals surface area contributed by atoms with Gasteiger partial charge < -0.3 is 5.73 Å². The van der Waals surface area contributed by atoms with Crippen molar-refractivity contribution >= 4 is 15.7 Å². The molecule has 0 saturated heterocycles. The highest BCUT2D eigenvalue weighted by atomic mass is 32.2. The number of aryl methyl sites for hydroxylation is 2. The predicted molar refractivity (Wildman–Crippen MR) is 86.5 cm³/mol. The zero-order chi connectivity index (χ0) is 15.5. The fourth-order valence-electron chi connectivity index (χ4n) is 2.16. The molecule has 0 fully saturated rings. The van der Waals surface area contributed by atoms with Gasteiger partial charge in [0.25, 0.3) is 0 Å². The highest BCUT2D eigenvalue weighted by molar-refractivity contribution is 7.91. The Morgan fingerprint density at radius 1 is 0.952 bits per heavy atom. The van der Waals surface area contributed by atoms with Crippen LogP contribution in [0.15, 0.2) is 42.5 Å². The van der Waals surface area contributed by atoms with Crippen LogP contribution in [-0.4, -0.2) is 8.42 Å². The van der Waals surface area contributed by atoms with E-state index in [2.05, 4.69) is 4.72 Å². The van der Waals surface area contributed by atoms with E-state index in [0.29, 0.717) is 12.2 Å². The Kier molecular flexibility index (Phi) is 4.65. The minimum Gasteiger partial charge on any atom is -0.326 e. The van der Waals surface area contributed by atoms with Gasteiger partial charge in [0, 0.05) is 6.54 Å². The van der Waals surface area contributed by atoms with Gasteiger partial charge >= 0.3 is 0 Å². The molecule has 2 aromatic rings. The lowest BCUT2D eigenvalue weighted by atomic mass is 10.1. The molecule has 0 aliphatic rings. The maximum atomic E-state index is 12.3. The van der Waals surface area contributed by atoms with Crippen LogP contribution in [0, 0.1) is 13.8 Å². The third kappa shape index (κ3) is 4.06. The molecule has 0 heterocycles. The van der Waals surface area contributed by atoms with Crippen LogP contribution in [0.1, 0.15) is 22.3 Å². The summed E-state index contributed by atoms with van der Waals surface area (Å²) in [7, 11) is -3.43. The smallest absolute Gasteiger partial charge is 0.236 e. The quantitative estimate of drug-likeness (QED) is 0.892. The zero-order valence-corrected chi connectivity index (χ0v) is 13.1. The molecule has 3 N–H and O–H groups in total. The first-order valence-corrected chi connectivity index (χ1v) is 8.41. The number of sulfonamides is 1. The number of para-hydroxylation sites is 1. The average molecular weight is 304 g/mol. The Labute approximate surface area is 126 Å². The van der Waals surface area contributed by atoms with E-state index in [9.17, 15) is 8.42 Å². The van der Waals surface area contributed by atoms with Crippen molar-refractivity contribution in [2.75, 3.05) is 4.72 Å². The Hall–Kier alpha value is -1.85. The number of nitrogens with two attached hydrogens (primary N) is 1. The summed E-state index contributed by atoms with van der Waals surface area (Å²) in [6, 6.07) is 13.0. The van der Waals surface area contributed by atoms with Crippen LogP contribution >= 0.6 is 0 Å². The molecule has 0 aliphatic heterocycles. The lowest BCUT2D eigenvalue weighted by Crippen LogP contribution is -2.16. The first kappa shape index (κ1) is 15.5. The van der Waals surface area contributed by atoms with E-state index in [1.165, 1.54) is 0 Å². The Balaban J connectivity index is 2.18. The van der Waals surface area contributed by atoms with E-state index in [-0.39, 0.29) is 5.75 Å². The molecule has 2 aromatic carbocycles. The van der Waals surface area contributed by atoms with Crippen molar-refractivity contribution in [3.63, 3.8) is 0 Å². The number of hydrogen-bond acceptors (Lipinski definition) is 3. The monoisotopic (exact) mass is 304 g/mol. The summed E-state index contributed by atoms with van der Waals surface area (Å²) >= 11 is 0. The van der Waals surface area contributed by atoms with Crippen molar-refractivity contribution in [3.8, 4) is 0 Å².